The van der Waals surface area contributed by atoms with Gasteiger partial charge in [-0.3, -0.25) is 4.90 Å². The average molecular weight is 189 g/mol. The van der Waals surface area contributed by atoms with Crippen molar-refractivity contribution in [1.29, 1.82) is 5.26 Å². The van der Waals surface area contributed by atoms with Gasteiger partial charge in [0.05, 0.1) is 12.7 Å². The van der Waals surface area contributed by atoms with Gasteiger partial charge in [-0.25, -0.2) is 9.97 Å². The fourth-order valence-corrected chi connectivity index (χ4v) is 1.34. The highest BCUT2D eigenvalue weighted by Gasteiger charge is 2.15. The molecule has 1 fully saturated rings. The van der Waals surface area contributed by atoms with Gasteiger partial charge in [-0.05, 0) is 19.5 Å². The lowest BCUT2D eigenvalue weighted by atomic mass is 10.2. The number of hydrogen-bond donors (Lipinski definition) is 1. The van der Waals surface area contributed by atoms with Crippen molar-refractivity contribution in [2.45, 2.75) is 13.0 Å². The predicted molar refractivity (Wildman–Crippen MR) is 51.1 cm³/mol. The van der Waals surface area contributed by atoms with Crippen LogP contribution in [-0.2, 0) is 6.54 Å². The summed E-state index contributed by atoms with van der Waals surface area (Å²) in [5, 5.41) is 8.63. The van der Waals surface area contributed by atoms with Crippen LogP contribution in [0.2, 0.25) is 0 Å². The predicted octanol–water partition coefficient (Wildman–Crippen LogP) is 0.136. The Bertz CT molecular complexity index is 377. The number of hydrogen-bond acceptors (Lipinski definition) is 5. The van der Waals surface area contributed by atoms with E-state index in [4.69, 9.17) is 11.0 Å². The van der Waals surface area contributed by atoms with E-state index in [-0.39, 0.29) is 5.82 Å². The van der Waals surface area contributed by atoms with Gasteiger partial charge in [0.1, 0.15) is 23.3 Å². The maximum Gasteiger partial charge on any atom is 0.145 e. The molecule has 0 unspecified atom stereocenters. The number of nitrogens with two attached hydrogens (primary N) is 1. The summed E-state index contributed by atoms with van der Waals surface area (Å²) in [5.74, 6) is 0.972. The Morgan fingerprint density at radius 3 is 2.86 bits per heavy atom. The second kappa shape index (κ2) is 3.60. The molecule has 1 aromatic heterocycles. The van der Waals surface area contributed by atoms with Crippen LogP contribution >= 0.6 is 0 Å². The fraction of sp³-hybridized carbons (Fsp3) is 0.444. The second-order valence-electron chi connectivity index (χ2n) is 3.33. The second-order valence-corrected chi connectivity index (χ2v) is 3.33. The van der Waals surface area contributed by atoms with E-state index in [0.29, 0.717) is 11.4 Å². The van der Waals surface area contributed by atoms with Crippen molar-refractivity contribution in [3.05, 3.63) is 17.6 Å². The summed E-state index contributed by atoms with van der Waals surface area (Å²) in [6.45, 7) is 2.93. The smallest absolute Gasteiger partial charge is 0.145 e. The summed E-state index contributed by atoms with van der Waals surface area (Å²) in [5.41, 5.74) is 5.92. The number of nitriles is 1. The Balaban J connectivity index is 2.12. The third-order valence-corrected chi connectivity index (χ3v) is 2.30. The normalized spacial score (nSPS) is 15.9. The van der Waals surface area contributed by atoms with Crippen LogP contribution in [0.5, 0.6) is 0 Å². The largest absolute Gasteiger partial charge is 0.382 e. The van der Waals surface area contributed by atoms with Crippen molar-refractivity contribution in [3.8, 4) is 6.07 Å². The van der Waals surface area contributed by atoms with Gasteiger partial charge in [-0.1, -0.05) is 0 Å². The maximum absolute atomic E-state index is 8.63. The molecule has 1 aliphatic heterocycles. The zero-order chi connectivity index (χ0) is 9.97. The van der Waals surface area contributed by atoms with Gasteiger partial charge in [0.2, 0.25) is 0 Å². The van der Waals surface area contributed by atoms with E-state index in [9.17, 15) is 0 Å². The highest BCUT2D eigenvalue weighted by Crippen LogP contribution is 2.11. The molecule has 72 valence electrons. The number of rotatable bonds is 2. The molecule has 0 spiro atoms. The molecule has 0 radical (unpaired) electrons. The van der Waals surface area contributed by atoms with E-state index >= 15 is 0 Å². The lowest BCUT2D eigenvalue weighted by Crippen LogP contribution is -2.36. The standard InChI is InChI=1S/C9H11N5/c10-4-7-5-12-8(13-9(7)11)6-14-2-1-3-14/h5H,1-3,6H2,(H2,11,12,13). The molecule has 14 heavy (non-hydrogen) atoms. The average Bonchev–Trinajstić information content (AvgIpc) is 2.12. The van der Waals surface area contributed by atoms with E-state index < -0.39 is 0 Å². The van der Waals surface area contributed by atoms with Crippen LogP contribution in [0.4, 0.5) is 5.82 Å². The lowest BCUT2D eigenvalue weighted by molar-refractivity contribution is 0.168. The Morgan fingerprint density at radius 2 is 2.36 bits per heavy atom. The number of anilines is 1. The van der Waals surface area contributed by atoms with Crippen LogP contribution in [0.3, 0.4) is 0 Å². The lowest BCUT2D eigenvalue weighted by Gasteiger charge is -2.29. The zero-order valence-electron chi connectivity index (χ0n) is 7.77. The zero-order valence-corrected chi connectivity index (χ0v) is 7.77. The molecule has 2 rings (SSSR count). The van der Waals surface area contributed by atoms with Gasteiger partial charge >= 0.3 is 0 Å². The summed E-state index contributed by atoms with van der Waals surface area (Å²) in [6.07, 6.45) is 2.73. The van der Waals surface area contributed by atoms with Crippen molar-refractivity contribution in [3.63, 3.8) is 0 Å². The molecule has 0 amide bonds. The minimum Gasteiger partial charge on any atom is -0.382 e. The molecule has 1 saturated heterocycles. The molecule has 0 atom stereocenters. The Labute approximate surface area is 82.2 Å². The monoisotopic (exact) mass is 189 g/mol. The van der Waals surface area contributed by atoms with Crippen molar-refractivity contribution < 1.29 is 0 Å². The SMILES string of the molecule is N#Cc1cnc(CN2CCC2)nc1N. The van der Waals surface area contributed by atoms with Gasteiger partial charge in [0.15, 0.2) is 0 Å². The first-order valence-electron chi connectivity index (χ1n) is 4.53. The Hall–Kier alpha value is -1.67. The quantitative estimate of drug-likeness (QED) is 0.715. The molecule has 0 saturated carbocycles. The van der Waals surface area contributed by atoms with Crippen molar-refractivity contribution in [2.75, 3.05) is 18.8 Å². The van der Waals surface area contributed by atoms with E-state index in [0.717, 1.165) is 19.6 Å². The van der Waals surface area contributed by atoms with Crippen LogP contribution < -0.4 is 5.73 Å². The van der Waals surface area contributed by atoms with Gasteiger partial charge < -0.3 is 5.73 Å². The fourth-order valence-electron chi connectivity index (χ4n) is 1.34. The molecule has 1 aromatic rings. The number of aromatic nitrogens is 2. The van der Waals surface area contributed by atoms with Gasteiger partial charge in [0.25, 0.3) is 0 Å². The van der Waals surface area contributed by atoms with Crippen LogP contribution in [-0.4, -0.2) is 28.0 Å². The third kappa shape index (κ3) is 1.65. The number of nitrogen functional groups attached to an aromatic ring is 1. The molecule has 5 heteroatoms. The molecule has 0 bridgehead atoms. The first kappa shape index (κ1) is 8.91. The van der Waals surface area contributed by atoms with Crippen LogP contribution in [0, 0.1) is 11.3 Å². The maximum atomic E-state index is 8.63. The van der Waals surface area contributed by atoms with Crippen LogP contribution in [0.25, 0.3) is 0 Å². The number of nitrogens with zero attached hydrogens (tertiary/aromatic N) is 4. The van der Waals surface area contributed by atoms with Crippen molar-refractivity contribution in [2.24, 2.45) is 0 Å². The van der Waals surface area contributed by atoms with Gasteiger partial charge in [-0.2, -0.15) is 5.26 Å². The van der Waals surface area contributed by atoms with E-state index in [1.165, 1.54) is 12.6 Å². The van der Waals surface area contributed by atoms with E-state index in [1.807, 2.05) is 6.07 Å². The molecule has 2 N–H and O–H groups in total. The summed E-state index contributed by atoms with van der Waals surface area (Å²) in [4.78, 5) is 10.4. The molecule has 0 aromatic carbocycles. The topological polar surface area (TPSA) is 78.8 Å². The van der Waals surface area contributed by atoms with Gasteiger partial charge in [-0.15, -0.1) is 0 Å². The summed E-state index contributed by atoms with van der Waals surface area (Å²) in [7, 11) is 0. The number of likely N-dealkylation sites (tertiary alicyclic amines) is 1. The molecule has 2 heterocycles. The summed E-state index contributed by atoms with van der Waals surface area (Å²) in [6, 6.07) is 1.94. The Kier molecular flexibility index (Phi) is 2.29. The minimum atomic E-state index is 0.276. The third-order valence-electron chi connectivity index (χ3n) is 2.30. The summed E-state index contributed by atoms with van der Waals surface area (Å²) < 4.78 is 0. The first-order valence-corrected chi connectivity index (χ1v) is 4.53. The van der Waals surface area contributed by atoms with E-state index in [2.05, 4.69) is 14.9 Å². The molecular formula is C9H11N5. The first-order chi connectivity index (χ1) is 6.79. The Morgan fingerprint density at radius 1 is 1.57 bits per heavy atom. The molecule has 1 aliphatic rings. The van der Waals surface area contributed by atoms with Crippen molar-refractivity contribution >= 4 is 5.82 Å². The van der Waals surface area contributed by atoms with Crippen LogP contribution in [0.1, 0.15) is 17.8 Å². The molecule has 5 nitrogen and oxygen atoms in total. The van der Waals surface area contributed by atoms with E-state index in [1.54, 1.807) is 0 Å². The van der Waals surface area contributed by atoms with Crippen LogP contribution in [0.15, 0.2) is 6.20 Å². The van der Waals surface area contributed by atoms with Gasteiger partial charge in [0, 0.05) is 0 Å². The van der Waals surface area contributed by atoms with Crippen molar-refractivity contribution in [1.82, 2.24) is 14.9 Å². The molecular weight excluding hydrogens is 178 g/mol. The minimum absolute atomic E-state index is 0.276. The highest BCUT2D eigenvalue weighted by atomic mass is 15.2. The summed E-state index contributed by atoms with van der Waals surface area (Å²) >= 11 is 0. The highest BCUT2D eigenvalue weighted by molar-refractivity contribution is 5.46. The molecule has 0 aliphatic carbocycles.